The zero-order valence-electron chi connectivity index (χ0n) is 10.6. The van der Waals surface area contributed by atoms with Gasteiger partial charge in [0.1, 0.15) is 0 Å². The van der Waals surface area contributed by atoms with Crippen molar-refractivity contribution in [2.45, 2.75) is 26.1 Å². The van der Waals surface area contributed by atoms with E-state index in [4.69, 9.17) is 0 Å². The van der Waals surface area contributed by atoms with Gasteiger partial charge in [-0.05, 0) is 30.4 Å². The number of hydrogen-bond acceptors (Lipinski definition) is 2. The molecule has 0 unspecified atom stereocenters. The molecule has 3 rings (SSSR count). The summed E-state index contributed by atoms with van der Waals surface area (Å²) in [6.07, 6.45) is 6.37. The molecule has 3 aliphatic rings. The zero-order valence-corrected chi connectivity index (χ0v) is 11.6. The Morgan fingerprint density at radius 3 is 2.24 bits per heavy atom. The molecule has 3 heteroatoms. The van der Waals surface area contributed by atoms with Gasteiger partial charge < -0.3 is 0 Å². The van der Waals surface area contributed by atoms with Crippen LogP contribution in [0.15, 0.2) is 23.4 Å². The van der Waals surface area contributed by atoms with Crippen LogP contribution in [0.2, 0.25) is 19.6 Å². The Labute approximate surface area is 103 Å². The highest BCUT2D eigenvalue weighted by molar-refractivity contribution is 6.83. The normalized spacial score (nSPS) is 39.6. The molecule has 3 aliphatic carbocycles. The van der Waals surface area contributed by atoms with Crippen LogP contribution in [-0.4, -0.2) is 19.6 Å². The molecular formula is C14H18O2Si. The van der Waals surface area contributed by atoms with E-state index in [2.05, 4.69) is 25.7 Å². The van der Waals surface area contributed by atoms with Crippen LogP contribution < -0.4 is 0 Å². The first-order valence-corrected chi connectivity index (χ1v) is 9.87. The molecule has 0 aromatic rings. The molecule has 2 bridgehead atoms. The van der Waals surface area contributed by atoms with E-state index in [9.17, 15) is 9.59 Å². The fourth-order valence-corrected chi connectivity index (χ4v) is 6.03. The van der Waals surface area contributed by atoms with Gasteiger partial charge in [-0.3, -0.25) is 9.59 Å². The van der Waals surface area contributed by atoms with Crippen LogP contribution >= 0.6 is 0 Å². The molecular weight excluding hydrogens is 228 g/mol. The molecule has 0 amide bonds. The number of allylic oxidation sites excluding steroid dienone is 4. The largest absolute Gasteiger partial charge is 0.294 e. The second kappa shape index (κ2) is 3.28. The maximum absolute atomic E-state index is 12.0. The summed E-state index contributed by atoms with van der Waals surface area (Å²) in [4.78, 5) is 23.9. The second-order valence-electron chi connectivity index (χ2n) is 6.57. The van der Waals surface area contributed by atoms with Crippen LogP contribution in [0.5, 0.6) is 0 Å². The maximum Gasteiger partial charge on any atom is 0.160 e. The lowest BCUT2D eigenvalue weighted by Crippen LogP contribution is -2.40. The average Bonchev–Trinajstić information content (AvgIpc) is 2.80. The van der Waals surface area contributed by atoms with Crippen molar-refractivity contribution in [2.75, 3.05) is 0 Å². The molecule has 1 fully saturated rings. The van der Waals surface area contributed by atoms with Crippen LogP contribution in [0.4, 0.5) is 0 Å². The van der Waals surface area contributed by atoms with Crippen molar-refractivity contribution in [1.29, 1.82) is 0 Å². The number of carbonyl (C=O) groups excluding carboxylic acids is 2. The number of carbonyl (C=O) groups is 2. The van der Waals surface area contributed by atoms with Gasteiger partial charge in [-0.25, -0.2) is 0 Å². The molecule has 0 saturated heterocycles. The molecule has 0 spiro atoms. The summed E-state index contributed by atoms with van der Waals surface area (Å²) in [5.41, 5.74) is 0. The first-order valence-electron chi connectivity index (χ1n) is 6.37. The first-order chi connectivity index (χ1) is 7.89. The maximum atomic E-state index is 12.0. The van der Waals surface area contributed by atoms with Crippen LogP contribution in [0.1, 0.15) is 6.42 Å². The van der Waals surface area contributed by atoms with Gasteiger partial charge in [-0.1, -0.05) is 30.9 Å². The summed E-state index contributed by atoms with van der Waals surface area (Å²) in [6.45, 7) is 7.00. The van der Waals surface area contributed by atoms with E-state index >= 15 is 0 Å². The van der Waals surface area contributed by atoms with Gasteiger partial charge in [-0.15, -0.1) is 0 Å². The fourth-order valence-electron chi connectivity index (χ4n) is 3.91. The molecule has 0 N–H and O–H groups in total. The number of ketones is 2. The highest BCUT2D eigenvalue weighted by atomic mass is 28.3. The minimum absolute atomic E-state index is 0.0239. The fraction of sp³-hybridized carbons (Fsp3) is 0.571. The van der Waals surface area contributed by atoms with Gasteiger partial charge >= 0.3 is 0 Å². The van der Waals surface area contributed by atoms with Crippen LogP contribution in [0.3, 0.4) is 0 Å². The van der Waals surface area contributed by atoms with Gasteiger partial charge in [0.25, 0.3) is 0 Å². The van der Waals surface area contributed by atoms with Crippen LogP contribution in [0, 0.1) is 23.7 Å². The molecule has 1 saturated carbocycles. The summed E-state index contributed by atoms with van der Waals surface area (Å²) in [6, 6.07) is 0. The lowest BCUT2D eigenvalue weighted by Gasteiger charge is -2.34. The Morgan fingerprint density at radius 1 is 1.06 bits per heavy atom. The lowest BCUT2D eigenvalue weighted by molar-refractivity contribution is -0.129. The number of rotatable bonds is 1. The van der Waals surface area contributed by atoms with E-state index in [1.54, 1.807) is 0 Å². The average molecular weight is 246 g/mol. The van der Waals surface area contributed by atoms with Crippen molar-refractivity contribution < 1.29 is 9.59 Å². The van der Waals surface area contributed by atoms with E-state index in [1.807, 2.05) is 0 Å². The third kappa shape index (κ3) is 1.45. The minimum atomic E-state index is -1.33. The molecule has 0 heterocycles. The van der Waals surface area contributed by atoms with Crippen molar-refractivity contribution in [3.8, 4) is 0 Å². The number of fused-ring (bicyclic) bond motifs is 5. The Hall–Kier alpha value is -0.963. The first kappa shape index (κ1) is 11.1. The summed E-state index contributed by atoms with van der Waals surface area (Å²) in [5.74, 6) is 1.02. The quantitative estimate of drug-likeness (QED) is 0.666. The monoisotopic (exact) mass is 246 g/mol. The molecule has 2 nitrogen and oxygen atoms in total. The summed E-state index contributed by atoms with van der Waals surface area (Å²) >= 11 is 0. The minimum Gasteiger partial charge on any atom is -0.294 e. The van der Waals surface area contributed by atoms with E-state index in [0.29, 0.717) is 11.8 Å². The van der Waals surface area contributed by atoms with Crippen molar-refractivity contribution in [1.82, 2.24) is 0 Å². The molecule has 0 aromatic heterocycles. The molecule has 0 radical (unpaired) electrons. The van der Waals surface area contributed by atoms with Crippen molar-refractivity contribution in [3.05, 3.63) is 23.4 Å². The van der Waals surface area contributed by atoms with Crippen molar-refractivity contribution in [2.24, 2.45) is 23.7 Å². The van der Waals surface area contributed by atoms with Gasteiger partial charge in [-0.2, -0.15) is 0 Å². The highest BCUT2D eigenvalue weighted by Gasteiger charge is 2.55. The topological polar surface area (TPSA) is 34.1 Å². The van der Waals surface area contributed by atoms with Crippen molar-refractivity contribution in [3.63, 3.8) is 0 Å². The second-order valence-corrected chi connectivity index (χ2v) is 11.6. The molecule has 17 heavy (non-hydrogen) atoms. The smallest absolute Gasteiger partial charge is 0.160 e. The molecule has 0 aliphatic heterocycles. The Kier molecular flexibility index (Phi) is 2.15. The Balaban J connectivity index is 2.03. The van der Waals surface area contributed by atoms with Crippen LogP contribution in [0.25, 0.3) is 0 Å². The molecule has 4 atom stereocenters. The van der Waals surface area contributed by atoms with Gasteiger partial charge in [0.05, 0.1) is 8.07 Å². The summed E-state index contributed by atoms with van der Waals surface area (Å²) < 4.78 is 0. The highest BCUT2D eigenvalue weighted by Crippen LogP contribution is 2.55. The van der Waals surface area contributed by atoms with E-state index in [0.717, 1.165) is 6.42 Å². The third-order valence-corrected chi connectivity index (χ3v) is 6.81. The zero-order chi connectivity index (χ0) is 12.4. The van der Waals surface area contributed by atoms with Crippen LogP contribution in [-0.2, 0) is 9.59 Å². The van der Waals surface area contributed by atoms with Gasteiger partial charge in [0.15, 0.2) is 11.6 Å². The lowest BCUT2D eigenvalue weighted by atomic mass is 9.75. The Bertz CT molecular complexity index is 467. The van der Waals surface area contributed by atoms with Gasteiger partial charge in [0, 0.05) is 11.8 Å². The van der Waals surface area contributed by atoms with E-state index < -0.39 is 8.07 Å². The Morgan fingerprint density at radius 2 is 1.65 bits per heavy atom. The van der Waals surface area contributed by atoms with Gasteiger partial charge in [0.2, 0.25) is 0 Å². The molecule has 90 valence electrons. The predicted octanol–water partition coefficient (Wildman–Crippen LogP) is 2.38. The SMILES string of the molecule is C[Si](C)(C)C1=C[C@H]2C[C@@H]1[C@H]1C(=O)C=CC(=O)[C@H]12. The standard InChI is InChI=1S/C14H18O2Si/c1-17(2,3)12-7-8-6-9(12)14-11(16)5-4-10(15)13(8)14/h4-5,7-9,13-14H,6H2,1-3H3/t8-,9+,13-,14+/m1/s1. The number of hydrogen-bond donors (Lipinski definition) is 0. The summed E-state index contributed by atoms with van der Waals surface area (Å²) in [7, 11) is -1.33. The van der Waals surface area contributed by atoms with E-state index in [1.165, 1.54) is 17.3 Å². The van der Waals surface area contributed by atoms with Crippen molar-refractivity contribution >= 4 is 19.6 Å². The third-order valence-electron chi connectivity index (χ3n) is 4.54. The predicted molar refractivity (Wildman–Crippen MR) is 69.2 cm³/mol. The summed E-state index contributed by atoms with van der Waals surface area (Å²) in [5, 5.41) is 1.53. The molecule has 0 aromatic carbocycles. The van der Waals surface area contributed by atoms with E-state index in [-0.39, 0.29) is 23.4 Å².